The summed E-state index contributed by atoms with van der Waals surface area (Å²) in [6.07, 6.45) is 1.64. The molecule has 9 heteroatoms. The number of imidazole rings is 1. The molecule has 0 spiro atoms. The first-order chi connectivity index (χ1) is 15.3. The summed E-state index contributed by atoms with van der Waals surface area (Å²) in [6, 6.07) is 6.66. The van der Waals surface area contributed by atoms with Crippen LogP contribution >= 0.6 is 0 Å². The van der Waals surface area contributed by atoms with Crippen molar-refractivity contribution in [3.8, 4) is 11.1 Å². The van der Waals surface area contributed by atoms with Gasteiger partial charge in [-0.2, -0.15) is 0 Å². The molecule has 4 aromatic rings. The second kappa shape index (κ2) is 8.76. The zero-order valence-corrected chi connectivity index (χ0v) is 19.0. The molecule has 0 aliphatic carbocycles. The smallest absolute Gasteiger partial charge is 0.330 e. The molecular formula is C23H27FN6O2. The zero-order valence-electron chi connectivity index (χ0n) is 19.0. The van der Waals surface area contributed by atoms with Crippen LogP contribution in [0.3, 0.4) is 0 Å². The number of pyridine rings is 1. The molecule has 168 valence electrons. The van der Waals surface area contributed by atoms with Crippen molar-refractivity contribution in [2.24, 2.45) is 7.05 Å². The molecule has 0 unspecified atom stereocenters. The molecule has 0 N–H and O–H groups in total. The van der Waals surface area contributed by atoms with Crippen LogP contribution in [0.1, 0.15) is 25.6 Å². The third kappa shape index (κ3) is 4.01. The van der Waals surface area contributed by atoms with Crippen molar-refractivity contribution < 1.29 is 9.13 Å². The summed E-state index contributed by atoms with van der Waals surface area (Å²) in [5, 5.41) is 8.99. The first-order valence-electron chi connectivity index (χ1n) is 10.5. The number of benzene rings is 1. The van der Waals surface area contributed by atoms with E-state index in [-0.39, 0.29) is 11.7 Å². The highest BCUT2D eigenvalue weighted by molar-refractivity contribution is 6.02. The van der Waals surface area contributed by atoms with E-state index in [0.717, 1.165) is 12.2 Å². The maximum absolute atomic E-state index is 15.0. The van der Waals surface area contributed by atoms with Crippen molar-refractivity contribution in [3.05, 3.63) is 52.5 Å². The highest BCUT2D eigenvalue weighted by Crippen LogP contribution is 2.30. The van der Waals surface area contributed by atoms with Crippen LogP contribution in [0.5, 0.6) is 0 Å². The standard InChI is InChI=1S/C23H27FN6O2/c1-14(2)30-21-18-10-17(15-6-7-16(25-12-15)13-32-9-8-28(3)4)19(24)11-20(18)26-27-22(21)29(5)23(30)31/h6-7,10-12,14H,8-9,13H2,1-5H3. The minimum atomic E-state index is -0.419. The van der Waals surface area contributed by atoms with E-state index in [9.17, 15) is 9.18 Å². The molecule has 0 aliphatic rings. The minimum absolute atomic E-state index is 0.0828. The van der Waals surface area contributed by atoms with Gasteiger partial charge in [-0.1, -0.05) is 6.07 Å². The average molecular weight is 439 g/mol. The lowest BCUT2D eigenvalue weighted by atomic mass is 10.0. The summed E-state index contributed by atoms with van der Waals surface area (Å²) in [4.78, 5) is 19.2. The van der Waals surface area contributed by atoms with Gasteiger partial charge in [0.1, 0.15) is 11.3 Å². The minimum Gasteiger partial charge on any atom is -0.374 e. The van der Waals surface area contributed by atoms with E-state index in [2.05, 4.69) is 15.2 Å². The van der Waals surface area contributed by atoms with Crippen LogP contribution in [0.2, 0.25) is 0 Å². The summed E-state index contributed by atoms with van der Waals surface area (Å²) >= 11 is 0. The topological polar surface area (TPSA) is 78.1 Å². The summed E-state index contributed by atoms with van der Waals surface area (Å²) in [7, 11) is 5.64. The number of ether oxygens (including phenoxy) is 1. The van der Waals surface area contributed by atoms with Crippen LogP contribution in [-0.4, -0.2) is 56.5 Å². The van der Waals surface area contributed by atoms with Gasteiger partial charge in [-0.15, -0.1) is 10.2 Å². The summed E-state index contributed by atoms with van der Waals surface area (Å²) in [5.74, 6) is -0.419. The van der Waals surface area contributed by atoms with E-state index in [1.807, 2.05) is 45.0 Å². The number of likely N-dealkylation sites (N-methyl/N-ethyl adjacent to an activating group) is 1. The van der Waals surface area contributed by atoms with Gasteiger partial charge in [0.15, 0.2) is 5.65 Å². The fourth-order valence-corrected chi connectivity index (χ4v) is 3.71. The molecule has 8 nitrogen and oxygen atoms in total. The Bertz CT molecular complexity index is 1320. The van der Waals surface area contributed by atoms with Crippen molar-refractivity contribution >= 4 is 22.1 Å². The van der Waals surface area contributed by atoms with E-state index in [1.165, 1.54) is 10.6 Å². The number of nitrogens with zero attached hydrogens (tertiary/aromatic N) is 6. The fraction of sp³-hybridized carbons (Fsp3) is 0.391. The van der Waals surface area contributed by atoms with Gasteiger partial charge >= 0.3 is 5.69 Å². The van der Waals surface area contributed by atoms with Gasteiger partial charge in [0.25, 0.3) is 0 Å². The first kappa shape index (κ1) is 22.0. The van der Waals surface area contributed by atoms with Gasteiger partial charge in [0.2, 0.25) is 0 Å². The largest absolute Gasteiger partial charge is 0.374 e. The van der Waals surface area contributed by atoms with E-state index in [0.29, 0.717) is 46.4 Å². The summed E-state index contributed by atoms with van der Waals surface area (Å²) in [5.41, 5.74) is 3.15. The third-order valence-electron chi connectivity index (χ3n) is 5.44. The van der Waals surface area contributed by atoms with Crippen molar-refractivity contribution in [3.63, 3.8) is 0 Å². The van der Waals surface area contributed by atoms with Crippen LogP contribution < -0.4 is 5.69 Å². The second-order valence-corrected chi connectivity index (χ2v) is 8.42. The van der Waals surface area contributed by atoms with Crippen molar-refractivity contribution in [2.75, 3.05) is 27.2 Å². The quantitative estimate of drug-likeness (QED) is 0.413. The number of rotatable bonds is 7. The number of aryl methyl sites for hydroxylation is 1. The number of halogens is 1. The average Bonchev–Trinajstić information content (AvgIpc) is 3.02. The van der Waals surface area contributed by atoms with Crippen LogP contribution in [-0.2, 0) is 18.4 Å². The Morgan fingerprint density at radius 3 is 2.62 bits per heavy atom. The molecule has 0 radical (unpaired) electrons. The van der Waals surface area contributed by atoms with Gasteiger partial charge in [0, 0.05) is 48.4 Å². The molecule has 32 heavy (non-hydrogen) atoms. The molecule has 1 aromatic carbocycles. The fourth-order valence-electron chi connectivity index (χ4n) is 3.71. The van der Waals surface area contributed by atoms with Gasteiger partial charge in [-0.25, -0.2) is 9.18 Å². The Kier molecular flexibility index (Phi) is 6.03. The lowest BCUT2D eigenvalue weighted by Crippen LogP contribution is -2.23. The molecule has 0 aliphatic heterocycles. The molecule has 0 fully saturated rings. The van der Waals surface area contributed by atoms with Crippen molar-refractivity contribution in [1.82, 2.24) is 29.2 Å². The van der Waals surface area contributed by atoms with Crippen LogP contribution in [0.4, 0.5) is 4.39 Å². The number of hydrogen-bond acceptors (Lipinski definition) is 6. The van der Waals surface area contributed by atoms with Crippen molar-refractivity contribution in [1.29, 1.82) is 0 Å². The van der Waals surface area contributed by atoms with Crippen molar-refractivity contribution in [2.45, 2.75) is 26.5 Å². The molecule has 3 heterocycles. The molecule has 0 bridgehead atoms. The SMILES string of the molecule is CC(C)n1c(=O)n(C)c2nnc3cc(F)c(-c4ccc(COCCN(C)C)nc4)cc3c21. The summed E-state index contributed by atoms with van der Waals surface area (Å²) < 4.78 is 23.7. The Labute approximate surface area is 185 Å². The van der Waals surface area contributed by atoms with Gasteiger partial charge < -0.3 is 9.64 Å². The summed E-state index contributed by atoms with van der Waals surface area (Å²) in [6.45, 7) is 5.71. The van der Waals surface area contributed by atoms with E-state index < -0.39 is 5.82 Å². The molecule has 0 saturated carbocycles. The molecule has 0 atom stereocenters. The van der Waals surface area contributed by atoms with Gasteiger partial charge in [-0.3, -0.25) is 14.1 Å². The highest BCUT2D eigenvalue weighted by atomic mass is 19.1. The number of hydrogen-bond donors (Lipinski definition) is 0. The molecule has 0 amide bonds. The Morgan fingerprint density at radius 1 is 1.19 bits per heavy atom. The van der Waals surface area contributed by atoms with E-state index >= 15 is 0 Å². The van der Waals surface area contributed by atoms with Crippen LogP contribution in [0.15, 0.2) is 35.3 Å². The monoisotopic (exact) mass is 438 g/mol. The van der Waals surface area contributed by atoms with Gasteiger partial charge in [0.05, 0.1) is 24.4 Å². The predicted octanol–water partition coefficient (Wildman–Crippen LogP) is 3.14. The normalized spacial score (nSPS) is 12.0. The zero-order chi connectivity index (χ0) is 23.0. The van der Waals surface area contributed by atoms with Crippen LogP contribution in [0.25, 0.3) is 33.2 Å². The Hall–Kier alpha value is -3.17. The van der Waals surface area contributed by atoms with Crippen LogP contribution in [0, 0.1) is 5.82 Å². The lowest BCUT2D eigenvalue weighted by molar-refractivity contribution is 0.103. The third-order valence-corrected chi connectivity index (χ3v) is 5.44. The Balaban J connectivity index is 1.75. The second-order valence-electron chi connectivity index (χ2n) is 8.42. The predicted molar refractivity (Wildman–Crippen MR) is 122 cm³/mol. The number of fused-ring (bicyclic) bond motifs is 3. The number of aromatic nitrogens is 5. The molecule has 4 rings (SSSR count). The highest BCUT2D eigenvalue weighted by Gasteiger charge is 2.19. The molecule has 0 saturated heterocycles. The van der Waals surface area contributed by atoms with E-state index in [1.54, 1.807) is 23.9 Å². The van der Waals surface area contributed by atoms with Gasteiger partial charge in [-0.05, 0) is 40.1 Å². The Morgan fingerprint density at radius 2 is 1.97 bits per heavy atom. The molecular weight excluding hydrogens is 411 g/mol. The lowest BCUT2D eigenvalue weighted by Gasteiger charge is -2.11. The maximum atomic E-state index is 15.0. The maximum Gasteiger partial charge on any atom is 0.330 e. The molecule has 3 aromatic heterocycles. The first-order valence-corrected chi connectivity index (χ1v) is 10.5. The van der Waals surface area contributed by atoms with E-state index in [4.69, 9.17) is 4.74 Å².